The number of hydrogen-bond acceptors (Lipinski definition) is 3. The zero-order chi connectivity index (χ0) is 13.1. The second-order valence-electron chi connectivity index (χ2n) is 3.33. The van der Waals surface area contributed by atoms with Crippen LogP contribution in [0.4, 0.5) is 5.69 Å². The van der Waals surface area contributed by atoms with E-state index in [1.165, 1.54) is 0 Å². The Kier molecular flexibility index (Phi) is 3.38. The Labute approximate surface area is 111 Å². The summed E-state index contributed by atoms with van der Waals surface area (Å²) in [5, 5.41) is 0. The molecule has 0 bridgehead atoms. The number of aromatic nitrogens is 2. The fourth-order valence-electron chi connectivity index (χ4n) is 1.38. The van der Waals surface area contributed by atoms with Crippen molar-refractivity contribution >= 4 is 44.6 Å². The van der Waals surface area contributed by atoms with E-state index in [0.717, 1.165) is 4.47 Å². The normalized spacial score (nSPS) is 11.5. The average Bonchev–Trinajstić information content (AvgIpc) is 2.32. The molecule has 7 nitrogen and oxygen atoms in total. The van der Waals surface area contributed by atoms with Crippen LogP contribution in [0.15, 0.2) is 39.0 Å². The molecular formula is C10H10BrN7. The van der Waals surface area contributed by atoms with Crippen LogP contribution >= 0.6 is 15.9 Å². The van der Waals surface area contributed by atoms with E-state index in [4.69, 9.17) is 17.2 Å². The van der Waals surface area contributed by atoms with Crippen LogP contribution in [0.1, 0.15) is 0 Å². The van der Waals surface area contributed by atoms with Crippen molar-refractivity contribution in [2.45, 2.75) is 0 Å². The summed E-state index contributed by atoms with van der Waals surface area (Å²) in [7, 11) is 0. The van der Waals surface area contributed by atoms with Crippen molar-refractivity contribution in [3.63, 3.8) is 0 Å². The molecule has 0 unspecified atom stereocenters. The molecule has 0 aliphatic carbocycles. The Balaban J connectivity index is 2.59. The minimum atomic E-state index is -0.149. The predicted molar refractivity (Wildman–Crippen MR) is 74.3 cm³/mol. The van der Waals surface area contributed by atoms with Gasteiger partial charge in [0.2, 0.25) is 5.96 Å². The Morgan fingerprint density at radius 2 is 1.72 bits per heavy atom. The molecule has 6 N–H and O–H groups in total. The van der Waals surface area contributed by atoms with Crippen LogP contribution in [-0.2, 0) is 0 Å². The molecule has 18 heavy (non-hydrogen) atoms. The molecule has 0 saturated heterocycles. The quantitative estimate of drug-likeness (QED) is 0.525. The third-order valence-electron chi connectivity index (χ3n) is 2.03. The lowest BCUT2D eigenvalue weighted by atomic mass is 10.2. The number of guanidine groups is 2. The summed E-state index contributed by atoms with van der Waals surface area (Å²) in [6, 6.07) is 3.55. The molecule has 0 spiro atoms. The van der Waals surface area contributed by atoms with Gasteiger partial charge in [-0.1, -0.05) is 0 Å². The van der Waals surface area contributed by atoms with Crippen LogP contribution in [0, 0.1) is 0 Å². The molecule has 8 heteroatoms. The van der Waals surface area contributed by atoms with Crippen molar-refractivity contribution in [1.82, 2.24) is 9.97 Å². The Morgan fingerprint density at radius 1 is 1.06 bits per heavy atom. The Bertz CT molecular complexity index is 646. The van der Waals surface area contributed by atoms with E-state index in [1.807, 2.05) is 0 Å². The van der Waals surface area contributed by atoms with E-state index in [-0.39, 0.29) is 11.9 Å². The number of benzene rings is 1. The molecule has 1 aromatic carbocycles. The van der Waals surface area contributed by atoms with Crippen molar-refractivity contribution in [1.29, 1.82) is 0 Å². The van der Waals surface area contributed by atoms with Crippen LogP contribution in [0.25, 0.3) is 11.0 Å². The zero-order valence-corrected chi connectivity index (χ0v) is 10.8. The molecule has 0 aliphatic heterocycles. The third kappa shape index (κ3) is 2.54. The Morgan fingerprint density at radius 3 is 2.39 bits per heavy atom. The van der Waals surface area contributed by atoms with Gasteiger partial charge in [0.25, 0.3) is 0 Å². The standard InChI is InChI=1S/C10H10BrN7/c11-5-1-2-6(17-10(14)18-9(12)13)8-7(5)15-3-4-16-8/h1-4H,(H6,12,13,14,17,18). The highest BCUT2D eigenvalue weighted by atomic mass is 79.9. The van der Waals surface area contributed by atoms with Gasteiger partial charge >= 0.3 is 0 Å². The van der Waals surface area contributed by atoms with Gasteiger partial charge in [-0.25, -0.2) is 4.99 Å². The van der Waals surface area contributed by atoms with E-state index in [9.17, 15) is 0 Å². The lowest BCUT2D eigenvalue weighted by molar-refractivity contribution is 1.28. The topological polar surface area (TPSA) is 129 Å². The van der Waals surface area contributed by atoms with Crippen LogP contribution in [0.5, 0.6) is 0 Å². The summed E-state index contributed by atoms with van der Waals surface area (Å²) in [6.45, 7) is 0. The van der Waals surface area contributed by atoms with Gasteiger partial charge in [-0.2, -0.15) is 4.99 Å². The highest BCUT2D eigenvalue weighted by Gasteiger charge is 2.06. The van der Waals surface area contributed by atoms with E-state index in [1.54, 1.807) is 24.5 Å². The SMILES string of the molecule is NC(N)=NC(N)=Nc1ccc(Br)c2nccnc12. The van der Waals surface area contributed by atoms with Crippen molar-refractivity contribution in [3.05, 3.63) is 29.0 Å². The van der Waals surface area contributed by atoms with E-state index < -0.39 is 0 Å². The van der Waals surface area contributed by atoms with Crippen molar-refractivity contribution in [2.75, 3.05) is 0 Å². The van der Waals surface area contributed by atoms with E-state index in [0.29, 0.717) is 16.7 Å². The van der Waals surface area contributed by atoms with Gasteiger partial charge in [-0.3, -0.25) is 9.97 Å². The molecule has 1 aromatic heterocycles. The molecule has 0 fully saturated rings. The number of nitrogens with two attached hydrogens (primary N) is 3. The lowest BCUT2D eigenvalue weighted by Gasteiger charge is -2.02. The first-order chi connectivity index (χ1) is 8.58. The fourth-order valence-corrected chi connectivity index (χ4v) is 1.80. The monoisotopic (exact) mass is 307 g/mol. The molecule has 0 aliphatic rings. The molecule has 0 saturated carbocycles. The Hall–Kier alpha value is -2.22. The summed E-state index contributed by atoms with van der Waals surface area (Å²) in [4.78, 5) is 16.1. The molecule has 0 radical (unpaired) electrons. The first-order valence-corrected chi connectivity index (χ1v) is 5.70. The van der Waals surface area contributed by atoms with Gasteiger partial charge in [0.1, 0.15) is 11.0 Å². The molecular weight excluding hydrogens is 298 g/mol. The maximum atomic E-state index is 5.58. The molecule has 0 amide bonds. The highest BCUT2D eigenvalue weighted by molar-refractivity contribution is 9.10. The molecule has 2 aromatic rings. The minimum absolute atomic E-state index is 0.0377. The molecule has 0 atom stereocenters. The van der Waals surface area contributed by atoms with Crippen LogP contribution < -0.4 is 17.2 Å². The molecule has 92 valence electrons. The van der Waals surface area contributed by atoms with Crippen LogP contribution in [0.3, 0.4) is 0 Å². The summed E-state index contributed by atoms with van der Waals surface area (Å²) < 4.78 is 0.824. The van der Waals surface area contributed by atoms with Crippen molar-refractivity contribution in [2.24, 2.45) is 27.2 Å². The largest absolute Gasteiger partial charge is 0.370 e. The third-order valence-corrected chi connectivity index (χ3v) is 2.67. The van der Waals surface area contributed by atoms with E-state index in [2.05, 4.69) is 35.9 Å². The lowest BCUT2D eigenvalue weighted by Crippen LogP contribution is -2.26. The van der Waals surface area contributed by atoms with Gasteiger partial charge in [0, 0.05) is 16.9 Å². The zero-order valence-electron chi connectivity index (χ0n) is 9.21. The first kappa shape index (κ1) is 12.2. The summed E-state index contributed by atoms with van der Waals surface area (Å²) in [5.74, 6) is -0.187. The van der Waals surface area contributed by atoms with Crippen LogP contribution in [-0.4, -0.2) is 21.9 Å². The van der Waals surface area contributed by atoms with Gasteiger partial charge in [-0.15, -0.1) is 0 Å². The van der Waals surface area contributed by atoms with E-state index >= 15 is 0 Å². The fraction of sp³-hybridized carbons (Fsp3) is 0. The van der Waals surface area contributed by atoms with Crippen molar-refractivity contribution in [3.8, 4) is 0 Å². The number of rotatable bonds is 1. The van der Waals surface area contributed by atoms with Gasteiger partial charge in [0.15, 0.2) is 5.96 Å². The number of nitrogens with zero attached hydrogens (tertiary/aromatic N) is 4. The smallest absolute Gasteiger partial charge is 0.223 e. The van der Waals surface area contributed by atoms with Gasteiger partial charge in [-0.05, 0) is 28.1 Å². The number of aliphatic imine (C=N–C) groups is 2. The minimum Gasteiger partial charge on any atom is -0.370 e. The van der Waals surface area contributed by atoms with Crippen LogP contribution in [0.2, 0.25) is 0 Å². The van der Waals surface area contributed by atoms with Crippen molar-refractivity contribution < 1.29 is 0 Å². The maximum Gasteiger partial charge on any atom is 0.223 e. The summed E-state index contributed by atoms with van der Waals surface area (Å²) in [6.07, 6.45) is 3.17. The number of halogens is 1. The summed E-state index contributed by atoms with van der Waals surface area (Å²) in [5.41, 5.74) is 17.9. The van der Waals surface area contributed by atoms with Gasteiger partial charge in [0.05, 0.1) is 5.69 Å². The second-order valence-corrected chi connectivity index (χ2v) is 4.18. The van der Waals surface area contributed by atoms with Gasteiger partial charge < -0.3 is 17.2 Å². The number of hydrogen-bond donors (Lipinski definition) is 3. The summed E-state index contributed by atoms with van der Waals surface area (Å²) >= 11 is 3.39. The maximum absolute atomic E-state index is 5.58. The first-order valence-electron chi connectivity index (χ1n) is 4.91. The second kappa shape index (κ2) is 4.96. The number of fused-ring (bicyclic) bond motifs is 1. The molecule has 2 rings (SSSR count). The highest BCUT2D eigenvalue weighted by Crippen LogP contribution is 2.28. The molecule has 1 heterocycles. The predicted octanol–water partition coefficient (Wildman–Crippen LogP) is 0.612. The average molecular weight is 308 g/mol.